The van der Waals surface area contributed by atoms with Gasteiger partial charge in [-0.15, -0.1) is 0 Å². The number of hydrogen-bond donors (Lipinski definition) is 1. The van der Waals surface area contributed by atoms with Crippen LogP contribution in [0.5, 0.6) is 0 Å². The van der Waals surface area contributed by atoms with Crippen LogP contribution < -0.4 is 0 Å². The van der Waals surface area contributed by atoms with Gasteiger partial charge in [-0.2, -0.15) is 0 Å². The molecule has 1 N–H and O–H groups in total. The van der Waals surface area contributed by atoms with Gasteiger partial charge in [-0.05, 0) is 31.6 Å². The standard InChI is InChI=1S/C11H18O2/c12-10(13)11(6-1-2-7-11)8-5-9-3-4-9/h9H,1-8H2,(H,12,13). The topological polar surface area (TPSA) is 37.3 Å². The maximum absolute atomic E-state index is 11.2. The molecule has 0 aromatic heterocycles. The van der Waals surface area contributed by atoms with Gasteiger partial charge in [0.25, 0.3) is 0 Å². The van der Waals surface area contributed by atoms with Crippen molar-refractivity contribution in [1.82, 2.24) is 0 Å². The van der Waals surface area contributed by atoms with E-state index in [0.717, 1.165) is 44.4 Å². The molecular weight excluding hydrogens is 164 g/mol. The summed E-state index contributed by atoms with van der Waals surface area (Å²) >= 11 is 0. The van der Waals surface area contributed by atoms with E-state index in [1.807, 2.05) is 0 Å². The second kappa shape index (κ2) is 3.32. The first kappa shape index (κ1) is 9.04. The number of carboxylic acid groups (broad SMARTS) is 1. The van der Waals surface area contributed by atoms with Crippen LogP contribution in [-0.4, -0.2) is 11.1 Å². The van der Waals surface area contributed by atoms with Crippen LogP contribution in [0.4, 0.5) is 0 Å². The van der Waals surface area contributed by atoms with Crippen LogP contribution in [0.25, 0.3) is 0 Å². The molecule has 2 rings (SSSR count). The zero-order valence-corrected chi connectivity index (χ0v) is 8.09. The minimum Gasteiger partial charge on any atom is -0.481 e. The average Bonchev–Trinajstić information content (AvgIpc) is 2.80. The molecule has 0 radical (unpaired) electrons. The summed E-state index contributed by atoms with van der Waals surface area (Å²) in [4.78, 5) is 11.2. The molecule has 2 aliphatic carbocycles. The molecule has 2 nitrogen and oxygen atoms in total. The van der Waals surface area contributed by atoms with Crippen molar-refractivity contribution in [3.63, 3.8) is 0 Å². The quantitative estimate of drug-likeness (QED) is 0.725. The summed E-state index contributed by atoms with van der Waals surface area (Å²) in [7, 11) is 0. The molecule has 13 heavy (non-hydrogen) atoms. The normalized spacial score (nSPS) is 26.2. The third-order valence-electron chi connectivity index (χ3n) is 3.74. The summed E-state index contributed by atoms with van der Waals surface area (Å²) in [5.41, 5.74) is -0.317. The lowest BCUT2D eigenvalue weighted by atomic mass is 9.81. The van der Waals surface area contributed by atoms with Crippen LogP contribution in [0.2, 0.25) is 0 Å². The van der Waals surface area contributed by atoms with Crippen molar-refractivity contribution in [2.75, 3.05) is 0 Å². The highest BCUT2D eigenvalue weighted by atomic mass is 16.4. The van der Waals surface area contributed by atoms with Gasteiger partial charge in [0.05, 0.1) is 5.41 Å². The second-order valence-corrected chi connectivity index (χ2v) is 4.77. The van der Waals surface area contributed by atoms with Gasteiger partial charge in [0.2, 0.25) is 0 Å². The Balaban J connectivity index is 1.91. The fourth-order valence-electron chi connectivity index (χ4n) is 2.51. The van der Waals surface area contributed by atoms with Gasteiger partial charge in [-0.25, -0.2) is 0 Å². The van der Waals surface area contributed by atoms with E-state index in [9.17, 15) is 9.90 Å². The number of hydrogen-bond acceptors (Lipinski definition) is 1. The molecule has 0 atom stereocenters. The molecule has 0 aliphatic heterocycles. The molecule has 2 fully saturated rings. The first-order valence-corrected chi connectivity index (χ1v) is 5.46. The number of carbonyl (C=O) groups is 1. The molecular formula is C11H18O2. The zero-order chi connectivity index (χ0) is 9.31. The SMILES string of the molecule is O=C(O)C1(CCC2CC2)CCCC1. The second-order valence-electron chi connectivity index (χ2n) is 4.77. The maximum Gasteiger partial charge on any atom is 0.309 e. The largest absolute Gasteiger partial charge is 0.481 e. The minimum atomic E-state index is -0.536. The molecule has 0 spiro atoms. The Morgan fingerprint density at radius 3 is 2.38 bits per heavy atom. The molecule has 0 saturated heterocycles. The summed E-state index contributed by atoms with van der Waals surface area (Å²) in [5.74, 6) is 0.336. The monoisotopic (exact) mass is 182 g/mol. The van der Waals surface area contributed by atoms with Crippen LogP contribution in [-0.2, 0) is 4.79 Å². The lowest BCUT2D eigenvalue weighted by molar-refractivity contribution is -0.149. The van der Waals surface area contributed by atoms with E-state index in [4.69, 9.17) is 0 Å². The van der Waals surface area contributed by atoms with Gasteiger partial charge in [-0.1, -0.05) is 25.7 Å². The summed E-state index contributed by atoms with van der Waals surface area (Å²) in [6.45, 7) is 0. The van der Waals surface area contributed by atoms with Gasteiger partial charge in [0.1, 0.15) is 0 Å². The third-order valence-corrected chi connectivity index (χ3v) is 3.74. The van der Waals surface area contributed by atoms with Crippen molar-refractivity contribution in [3.05, 3.63) is 0 Å². The predicted molar refractivity (Wildman–Crippen MR) is 50.5 cm³/mol. The Kier molecular flexibility index (Phi) is 2.31. The third kappa shape index (κ3) is 1.87. The van der Waals surface area contributed by atoms with E-state index in [-0.39, 0.29) is 5.41 Å². The summed E-state index contributed by atoms with van der Waals surface area (Å²) in [6.07, 6.45) is 8.88. The molecule has 0 heterocycles. The van der Waals surface area contributed by atoms with Crippen LogP contribution in [0.15, 0.2) is 0 Å². The summed E-state index contributed by atoms with van der Waals surface area (Å²) in [6, 6.07) is 0. The van der Waals surface area contributed by atoms with Gasteiger partial charge in [0, 0.05) is 0 Å². The van der Waals surface area contributed by atoms with E-state index in [1.54, 1.807) is 0 Å². The van der Waals surface area contributed by atoms with E-state index >= 15 is 0 Å². The Morgan fingerprint density at radius 2 is 1.92 bits per heavy atom. The van der Waals surface area contributed by atoms with Crippen molar-refractivity contribution in [2.24, 2.45) is 11.3 Å². The van der Waals surface area contributed by atoms with E-state index < -0.39 is 5.97 Å². The van der Waals surface area contributed by atoms with Gasteiger partial charge in [0.15, 0.2) is 0 Å². The van der Waals surface area contributed by atoms with Crippen molar-refractivity contribution in [3.8, 4) is 0 Å². The number of aliphatic carboxylic acids is 1. The van der Waals surface area contributed by atoms with Crippen molar-refractivity contribution in [1.29, 1.82) is 0 Å². The number of rotatable bonds is 4. The van der Waals surface area contributed by atoms with E-state index in [0.29, 0.717) is 0 Å². The average molecular weight is 182 g/mol. The summed E-state index contributed by atoms with van der Waals surface area (Å²) < 4.78 is 0. The Bertz CT molecular complexity index is 200. The molecule has 74 valence electrons. The fraction of sp³-hybridized carbons (Fsp3) is 0.909. The van der Waals surface area contributed by atoms with Crippen LogP contribution in [0.1, 0.15) is 51.4 Å². The Hall–Kier alpha value is -0.530. The van der Waals surface area contributed by atoms with E-state index in [1.165, 1.54) is 12.8 Å². The molecule has 0 aromatic carbocycles. The Morgan fingerprint density at radius 1 is 1.31 bits per heavy atom. The minimum absolute atomic E-state index is 0.317. The van der Waals surface area contributed by atoms with E-state index in [2.05, 4.69) is 0 Å². The van der Waals surface area contributed by atoms with Gasteiger partial charge >= 0.3 is 5.97 Å². The molecule has 0 bridgehead atoms. The van der Waals surface area contributed by atoms with Crippen LogP contribution >= 0.6 is 0 Å². The molecule has 0 amide bonds. The molecule has 2 saturated carbocycles. The highest BCUT2D eigenvalue weighted by molar-refractivity contribution is 5.74. The maximum atomic E-state index is 11.2. The highest BCUT2D eigenvalue weighted by Crippen LogP contribution is 2.45. The predicted octanol–water partition coefficient (Wildman–Crippen LogP) is 2.82. The lowest BCUT2D eigenvalue weighted by Crippen LogP contribution is -2.27. The van der Waals surface area contributed by atoms with Crippen molar-refractivity contribution in [2.45, 2.75) is 51.4 Å². The molecule has 2 heteroatoms. The zero-order valence-electron chi connectivity index (χ0n) is 8.09. The smallest absolute Gasteiger partial charge is 0.309 e. The first-order chi connectivity index (χ1) is 6.23. The van der Waals surface area contributed by atoms with Crippen molar-refractivity contribution < 1.29 is 9.90 Å². The van der Waals surface area contributed by atoms with Gasteiger partial charge in [-0.3, -0.25) is 4.79 Å². The highest BCUT2D eigenvalue weighted by Gasteiger charge is 2.41. The lowest BCUT2D eigenvalue weighted by Gasteiger charge is -2.23. The summed E-state index contributed by atoms with van der Waals surface area (Å²) in [5, 5.41) is 9.20. The number of carboxylic acids is 1. The first-order valence-electron chi connectivity index (χ1n) is 5.46. The Labute approximate surface area is 79.3 Å². The van der Waals surface area contributed by atoms with Crippen molar-refractivity contribution >= 4 is 5.97 Å². The van der Waals surface area contributed by atoms with Crippen LogP contribution in [0.3, 0.4) is 0 Å². The molecule has 0 aromatic rings. The molecule has 2 aliphatic rings. The molecule has 0 unspecified atom stereocenters. The fourth-order valence-corrected chi connectivity index (χ4v) is 2.51. The van der Waals surface area contributed by atoms with Gasteiger partial charge < -0.3 is 5.11 Å². The van der Waals surface area contributed by atoms with Crippen LogP contribution in [0, 0.1) is 11.3 Å².